The van der Waals surface area contributed by atoms with Gasteiger partial charge in [-0.05, 0) is 59.6 Å². The van der Waals surface area contributed by atoms with Crippen LogP contribution in [0.3, 0.4) is 0 Å². The molecule has 2 aromatic carbocycles. The molecule has 3 amide bonds. The van der Waals surface area contributed by atoms with Crippen molar-refractivity contribution < 1.29 is 42.9 Å². The van der Waals surface area contributed by atoms with Crippen LogP contribution >= 0.6 is 15.9 Å². The molecule has 0 bridgehead atoms. The van der Waals surface area contributed by atoms with Gasteiger partial charge in [-0.1, -0.05) is 6.07 Å². The van der Waals surface area contributed by atoms with E-state index in [0.29, 0.717) is 27.0 Å². The summed E-state index contributed by atoms with van der Waals surface area (Å²) in [6, 6.07) is 6.66. The van der Waals surface area contributed by atoms with E-state index >= 15 is 0 Å². The van der Waals surface area contributed by atoms with E-state index in [1.807, 2.05) is 0 Å². The zero-order chi connectivity index (χ0) is 30.1. The van der Waals surface area contributed by atoms with Crippen molar-refractivity contribution in [3.8, 4) is 23.0 Å². The number of urea groups is 1. The Balaban J connectivity index is 1.68. The number of hydrogen-bond donors (Lipinski definition) is 3. The molecule has 0 aromatic heterocycles. The van der Waals surface area contributed by atoms with Gasteiger partial charge in [0, 0.05) is 22.7 Å². The lowest BCUT2D eigenvalue weighted by Gasteiger charge is -2.28. The number of hydrogen-bond acceptors (Lipinski definition) is 10. The number of hydrazone groups is 1. The molecular weight excluding hydrogens is 604 g/mol. The summed E-state index contributed by atoms with van der Waals surface area (Å²) < 4.78 is 27.1. The highest BCUT2D eigenvalue weighted by Crippen LogP contribution is 2.35. The van der Waals surface area contributed by atoms with Gasteiger partial charge in [-0.25, -0.2) is 15.0 Å². The number of methoxy groups -OCH3 is 2. The van der Waals surface area contributed by atoms with Crippen LogP contribution in [-0.4, -0.2) is 57.5 Å². The molecule has 3 N–H and O–H groups in total. The van der Waals surface area contributed by atoms with Crippen molar-refractivity contribution in [1.82, 2.24) is 16.1 Å². The summed E-state index contributed by atoms with van der Waals surface area (Å²) in [7, 11) is 2.85. The van der Waals surface area contributed by atoms with Crippen molar-refractivity contribution in [2.24, 2.45) is 5.10 Å². The van der Waals surface area contributed by atoms with E-state index in [2.05, 4.69) is 37.1 Å². The van der Waals surface area contributed by atoms with Crippen molar-refractivity contribution in [2.75, 3.05) is 27.4 Å². The van der Waals surface area contributed by atoms with E-state index in [1.54, 1.807) is 44.2 Å². The molecule has 1 heterocycles. The van der Waals surface area contributed by atoms with Gasteiger partial charge in [0.25, 0.3) is 5.91 Å². The Labute approximate surface area is 244 Å². The lowest BCUT2D eigenvalue weighted by molar-refractivity contribution is -0.139. The molecular formula is C27H29BrN4O9. The van der Waals surface area contributed by atoms with E-state index in [4.69, 9.17) is 23.7 Å². The van der Waals surface area contributed by atoms with Gasteiger partial charge in [0.05, 0.1) is 38.7 Å². The Morgan fingerprint density at radius 2 is 1.78 bits per heavy atom. The third-order valence-corrected chi connectivity index (χ3v) is 6.26. The fourth-order valence-electron chi connectivity index (χ4n) is 3.80. The third-order valence-electron chi connectivity index (χ3n) is 5.57. The molecule has 41 heavy (non-hydrogen) atoms. The first-order chi connectivity index (χ1) is 19.6. The molecule has 13 nitrogen and oxygen atoms in total. The molecule has 2 aromatic rings. The van der Waals surface area contributed by atoms with Crippen LogP contribution in [0.4, 0.5) is 4.79 Å². The minimum absolute atomic E-state index is 0.173. The number of carbonyl (C=O) groups is 4. The van der Waals surface area contributed by atoms with Gasteiger partial charge in [0.1, 0.15) is 0 Å². The minimum Gasteiger partial charge on any atom is -0.493 e. The molecule has 1 aliphatic rings. The lowest BCUT2D eigenvalue weighted by atomic mass is 9.95. The quantitative estimate of drug-likeness (QED) is 0.146. The zero-order valence-corrected chi connectivity index (χ0v) is 24.5. The lowest BCUT2D eigenvalue weighted by Crippen LogP contribution is -2.45. The highest BCUT2D eigenvalue weighted by molar-refractivity contribution is 9.10. The van der Waals surface area contributed by atoms with Crippen LogP contribution in [0.2, 0.25) is 0 Å². The van der Waals surface area contributed by atoms with Gasteiger partial charge >= 0.3 is 18.0 Å². The summed E-state index contributed by atoms with van der Waals surface area (Å²) >= 11 is 3.36. The molecule has 0 radical (unpaired) electrons. The smallest absolute Gasteiger partial charge is 0.338 e. The normalized spacial score (nSPS) is 14.6. The second kappa shape index (κ2) is 14.2. The van der Waals surface area contributed by atoms with Gasteiger partial charge < -0.3 is 34.3 Å². The Morgan fingerprint density at radius 1 is 1.07 bits per heavy atom. The SMILES string of the molecule is CCOC(=O)C1=C(C)NC(=O)N[C@H]1c1ccc(OCC(=O)N/N=C\c2cc(OC)c(OC(C)=O)cc2Br)c(OC)c1. The number of allylic oxidation sites excluding steroid dienone is 1. The number of nitrogens with zero attached hydrogens (tertiary/aromatic N) is 1. The van der Waals surface area contributed by atoms with E-state index in [-0.39, 0.29) is 36.0 Å². The van der Waals surface area contributed by atoms with E-state index in [0.717, 1.165) is 0 Å². The number of halogens is 1. The topological polar surface area (TPSA) is 163 Å². The average molecular weight is 633 g/mol. The molecule has 14 heteroatoms. The van der Waals surface area contributed by atoms with Crippen LogP contribution in [0.15, 0.2) is 51.2 Å². The van der Waals surface area contributed by atoms with Gasteiger partial charge in [-0.2, -0.15) is 5.10 Å². The van der Waals surface area contributed by atoms with E-state index in [9.17, 15) is 19.2 Å². The molecule has 3 rings (SSSR count). The molecule has 1 aliphatic heterocycles. The number of benzene rings is 2. The molecule has 0 unspecified atom stereocenters. The Hall–Kier alpha value is -4.59. The first-order valence-electron chi connectivity index (χ1n) is 12.2. The summed E-state index contributed by atoms with van der Waals surface area (Å²) in [5.74, 6) is -0.558. The number of esters is 2. The molecule has 0 saturated heterocycles. The highest BCUT2D eigenvalue weighted by atomic mass is 79.9. The monoisotopic (exact) mass is 632 g/mol. The number of ether oxygens (including phenoxy) is 5. The number of amides is 3. The van der Waals surface area contributed by atoms with Gasteiger partial charge in [-0.15, -0.1) is 0 Å². The first kappa shape index (κ1) is 30.9. The summed E-state index contributed by atoms with van der Waals surface area (Å²) in [5.41, 5.74) is 4.08. The third kappa shape index (κ3) is 7.97. The second-order valence-corrected chi connectivity index (χ2v) is 9.26. The van der Waals surface area contributed by atoms with Crippen molar-refractivity contribution in [1.29, 1.82) is 0 Å². The highest BCUT2D eigenvalue weighted by Gasteiger charge is 2.32. The molecule has 0 fully saturated rings. The maximum absolute atomic E-state index is 12.6. The van der Waals surface area contributed by atoms with Crippen LogP contribution in [0.25, 0.3) is 0 Å². The van der Waals surface area contributed by atoms with Crippen molar-refractivity contribution in [2.45, 2.75) is 26.8 Å². The molecule has 0 saturated carbocycles. The predicted molar refractivity (Wildman–Crippen MR) is 150 cm³/mol. The Morgan fingerprint density at radius 3 is 2.44 bits per heavy atom. The van der Waals surface area contributed by atoms with Crippen LogP contribution in [-0.2, 0) is 19.1 Å². The summed E-state index contributed by atoms with van der Waals surface area (Å²) in [6.45, 7) is 4.36. The van der Waals surface area contributed by atoms with Crippen LogP contribution in [0.1, 0.15) is 37.9 Å². The van der Waals surface area contributed by atoms with Crippen molar-refractivity contribution in [3.63, 3.8) is 0 Å². The van der Waals surface area contributed by atoms with Gasteiger partial charge in [0.2, 0.25) is 0 Å². The van der Waals surface area contributed by atoms with Crippen LogP contribution < -0.4 is 35.0 Å². The summed E-state index contributed by atoms with van der Waals surface area (Å²) in [6.07, 6.45) is 1.38. The van der Waals surface area contributed by atoms with Gasteiger partial charge in [0.15, 0.2) is 29.6 Å². The second-order valence-electron chi connectivity index (χ2n) is 8.40. The maximum atomic E-state index is 12.6. The maximum Gasteiger partial charge on any atom is 0.338 e. The Kier molecular flexibility index (Phi) is 10.7. The molecule has 218 valence electrons. The molecule has 0 aliphatic carbocycles. The Bertz CT molecular complexity index is 1410. The zero-order valence-electron chi connectivity index (χ0n) is 23.0. The van der Waals surface area contributed by atoms with E-state index < -0.39 is 29.9 Å². The van der Waals surface area contributed by atoms with Crippen molar-refractivity contribution >= 4 is 46.0 Å². The standard InChI is InChI=1S/C27H29BrN4O9/c1-6-39-26(35)24-14(2)30-27(36)31-25(24)16-7-8-19(20(9-16)37-4)40-13-23(34)32-29-12-17-10-21(38-5)22(11-18(17)28)41-15(3)33/h7-12,25H,6,13H2,1-5H3,(H,32,34)(H2,30,31,36)/b29-12-/t25-/m0/s1. The minimum atomic E-state index is -0.788. The fraction of sp³-hybridized carbons (Fsp3) is 0.296. The van der Waals surface area contributed by atoms with Crippen molar-refractivity contribution in [3.05, 3.63) is 57.2 Å². The number of nitrogens with one attached hydrogen (secondary N) is 3. The van der Waals surface area contributed by atoms with Crippen LogP contribution in [0.5, 0.6) is 23.0 Å². The molecule has 0 spiro atoms. The summed E-state index contributed by atoms with van der Waals surface area (Å²) in [5, 5.41) is 9.22. The fourth-order valence-corrected chi connectivity index (χ4v) is 4.22. The largest absolute Gasteiger partial charge is 0.493 e. The van der Waals surface area contributed by atoms with Crippen LogP contribution in [0, 0.1) is 0 Å². The number of carbonyl (C=O) groups excluding carboxylic acids is 4. The predicted octanol–water partition coefficient (Wildman–Crippen LogP) is 3.11. The first-order valence-corrected chi connectivity index (χ1v) is 13.0. The van der Waals surface area contributed by atoms with E-state index in [1.165, 1.54) is 27.4 Å². The molecule has 1 atom stereocenters. The summed E-state index contributed by atoms with van der Waals surface area (Å²) in [4.78, 5) is 48.3. The number of rotatable bonds is 11. The van der Waals surface area contributed by atoms with Gasteiger partial charge in [-0.3, -0.25) is 9.59 Å². The average Bonchev–Trinajstić information content (AvgIpc) is 2.92.